The molecule has 0 aromatic heterocycles. The van der Waals surface area contributed by atoms with E-state index in [0.29, 0.717) is 22.2 Å². The number of hydrogen-bond donors (Lipinski definition) is 1. The molecule has 0 aliphatic carbocycles. The molecule has 0 saturated carbocycles. The highest BCUT2D eigenvalue weighted by Gasteiger charge is 2.09. The quantitative estimate of drug-likeness (QED) is 0.646. The molecule has 0 amide bonds. The molecular formula is C18H13ClFNO. The van der Waals surface area contributed by atoms with Gasteiger partial charge in [-0.05, 0) is 48.0 Å². The fourth-order valence-corrected chi connectivity index (χ4v) is 2.36. The van der Waals surface area contributed by atoms with Crippen LogP contribution < -0.4 is 10.5 Å². The SMILES string of the molecule is Nc1ccc(-c2cccc(F)c2)c(Oc2cccc(Cl)c2)c1. The second-order valence-electron chi connectivity index (χ2n) is 4.83. The molecule has 4 heteroatoms. The van der Waals surface area contributed by atoms with Crippen LogP contribution in [0.1, 0.15) is 0 Å². The number of nitrogen functional groups attached to an aromatic ring is 1. The zero-order valence-electron chi connectivity index (χ0n) is 11.6. The first-order valence-electron chi connectivity index (χ1n) is 6.71. The van der Waals surface area contributed by atoms with E-state index in [0.717, 1.165) is 11.1 Å². The summed E-state index contributed by atoms with van der Waals surface area (Å²) in [5, 5.41) is 0.578. The number of hydrogen-bond acceptors (Lipinski definition) is 2. The minimum atomic E-state index is -0.303. The lowest BCUT2D eigenvalue weighted by Crippen LogP contribution is -1.92. The third kappa shape index (κ3) is 3.21. The van der Waals surface area contributed by atoms with Gasteiger partial charge in [0, 0.05) is 22.3 Å². The van der Waals surface area contributed by atoms with Crippen molar-refractivity contribution in [2.45, 2.75) is 0 Å². The predicted octanol–water partition coefficient (Wildman–Crippen LogP) is 5.52. The highest BCUT2D eigenvalue weighted by molar-refractivity contribution is 6.30. The number of rotatable bonds is 3. The van der Waals surface area contributed by atoms with Gasteiger partial charge in [0.15, 0.2) is 0 Å². The normalized spacial score (nSPS) is 10.5. The van der Waals surface area contributed by atoms with Crippen LogP contribution in [-0.2, 0) is 0 Å². The second-order valence-corrected chi connectivity index (χ2v) is 5.26. The van der Waals surface area contributed by atoms with Crippen LogP contribution in [0.4, 0.5) is 10.1 Å². The molecule has 2 N–H and O–H groups in total. The third-order valence-corrected chi connectivity index (χ3v) is 3.40. The van der Waals surface area contributed by atoms with Gasteiger partial charge in [-0.25, -0.2) is 4.39 Å². The van der Waals surface area contributed by atoms with E-state index in [-0.39, 0.29) is 5.82 Å². The molecule has 0 fully saturated rings. The summed E-state index contributed by atoms with van der Waals surface area (Å²) in [6.07, 6.45) is 0. The van der Waals surface area contributed by atoms with Crippen molar-refractivity contribution in [2.75, 3.05) is 5.73 Å². The molecule has 3 rings (SSSR count). The maximum atomic E-state index is 13.5. The van der Waals surface area contributed by atoms with Gasteiger partial charge in [0.2, 0.25) is 0 Å². The van der Waals surface area contributed by atoms with Crippen LogP contribution in [0.5, 0.6) is 11.5 Å². The highest BCUT2D eigenvalue weighted by atomic mass is 35.5. The Labute approximate surface area is 132 Å². The molecule has 0 bridgehead atoms. The Bertz CT molecular complexity index is 820. The Kier molecular flexibility index (Phi) is 3.98. The zero-order chi connectivity index (χ0) is 15.5. The smallest absolute Gasteiger partial charge is 0.137 e. The van der Waals surface area contributed by atoms with Crippen molar-refractivity contribution in [3.05, 3.63) is 77.6 Å². The van der Waals surface area contributed by atoms with E-state index >= 15 is 0 Å². The first kappa shape index (κ1) is 14.4. The van der Waals surface area contributed by atoms with Crippen LogP contribution in [0.2, 0.25) is 5.02 Å². The summed E-state index contributed by atoms with van der Waals surface area (Å²) in [5.41, 5.74) is 7.88. The maximum Gasteiger partial charge on any atom is 0.137 e. The van der Waals surface area contributed by atoms with Crippen molar-refractivity contribution in [2.24, 2.45) is 0 Å². The minimum Gasteiger partial charge on any atom is -0.457 e. The summed E-state index contributed by atoms with van der Waals surface area (Å²) in [6, 6.07) is 18.7. The number of ether oxygens (including phenoxy) is 1. The van der Waals surface area contributed by atoms with Crippen molar-refractivity contribution in [3.8, 4) is 22.6 Å². The Balaban J connectivity index is 2.05. The van der Waals surface area contributed by atoms with E-state index in [1.807, 2.05) is 12.1 Å². The monoisotopic (exact) mass is 313 g/mol. The van der Waals surface area contributed by atoms with E-state index in [1.54, 1.807) is 42.5 Å². The lowest BCUT2D eigenvalue weighted by atomic mass is 10.0. The van der Waals surface area contributed by atoms with Gasteiger partial charge in [0.05, 0.1) is 0 Å². The van der Waals surface area contributed by atoms with Crippen molar-refractivity contribution >= 4 is 17.3 Å². The van der Waals surface area contributed by atoms with Crippen molar-refractivity contribution in [1.29, 1.82) is 0 Å². The first-order valence-corrected chi connectivity index (χ1v) is 7.08. The van der Waals surface area contributed by atoms with Gasteiger partial charge in [0.25, 0.3) is 0 Å². The van der Waals surface area contributed by atoms with E-state index in [2.05, 4.69) is 0 Å². The third-order valence-electron chi connectivity index (χ3n) is 3.17. The fraction of sp³-hybridized carbons (Fsp3) is 0. The Morgan fingerprint density at radius 3 is 2.50 bits per heavy atom. The predicted molar refractivity (Wildman–Crippen MR) is 87.8 cm³/mol. The van der Waals surface area contributed by atoms with Gasteiger partial charge in [0.1, 0.15) is 17.3 Å². The van der Waals surface area contributed by atoms with Crippen molar-refractivity contribution in [3.63, 3.8) is 0 Å². The molecule has 22 heavy (non-hydrogen) atoms. The van der Waals surface area contributed by atoms with Crippen molar-refractivity contribution < 1.29 is 9.13 Å². The van der Waals surface area contributed by atoms with Crippen LogP contribution in [0.15, 0.2) is 66.7 Å². The van der Waals surface area contributed by atoms with Gasteiger partial charge in [-0.1, -0.05) is 29.8 Å². The molecule has 0 saturated heterocycles. The number of benzene rings is 3. The van der Waals surface area contributed by atoms with Crippen molar-refractivity contribution in [1.82, 2.24) is 0 Å². The van der Waals surface area contributed by atoms with E-state index < -0.39 is 0 Å². The Morgan fingerprint density at radius 1 is 0.909 bits per heavy atom. The molecule has 3 aromatic rings. The maximum absolute atomic E-state index is 13.5. The lowest BCUT2D eigenvalue weighted by Gasteiger charge is -2.12. The van der Waals surface area contributed by atoms with Gasteiger partial charge in [-0.15, -0.1) is 0 Å². The molecular weight excluding hydrogens is 301 g/mol. The molecule has 110 valence electrons. The zero-order valence-corrected chi connectivity index (χ0v) is 12.3. The van der Waals surface area contributed by atoms with Crippen LogP contribution in [0.3, 0.4) is 0 Å². The summed E-state index contributed by atoms with van der Waals surface area (Å²) in [5.74, 6) is 0.839. The minimum absolute atomic E-state index is 0.303. The summed E-state index contributed by atoms with van der Waals surface area (Å²) < 4.78 is 19.3. The largest absolute Gasteiger partial charge is 0.457 e. The molecule has 0 spiro atoms. The first-order chi connectivity index (χ1) is 10.6. The number of nitrogens with two attached hydrogens (primary N) is 1. The number of halogens is 2. The summed E-state index contributed by atoms with van der Waals surface area (Å²) in [4.78, 5) is 0. The molecule has 2 nitrogen and oxygen atoms in total. The van der Waals surface area contributed by atoms with Crippen LogP contribution in [-0.4, -0.2) is 0 Å². The Morgan fingerprint density at radius 2 is 1.73 bits per heavy atom. The summed E-state index contributed by atoms with van der Waals surface area (Å²) in [7, 11) is 0. The van der Waals surface area contributed by atoms with Crippen LogP contribution >= 0.6 is 11.6 Å². The molecule has 0 aliphatic rings. The summed E-state index contributed by atoms with van der Waals surface area (Å²) in [6.45, 7) is 0. The molecule has 0 heterocycles. The van der Waals surface area contributed by atoms with E-state index in [4.69, 9.17) is 22.1 Å². The van der Waals surface area contributed by atoms with Gasteiger partial charge in [-0.3, -0.25) is 0 Å². The molecule has 3 aromatic carbocycles. The van der Waals surface area contributed by atoms with Crippen LogP contribution in [0, 0.1) is 5.82 Å². The Hall–Kier alpha value is -2.52. The molecule has 0 radical (unpaired) electrons. The van der Waals surface area contributed by atoms with E-state index in [9.17, 15) is 4.39 Å². The van der Waals surface area contributed by atoms with Crippen LogP contribution in [0.25, 0.3) is 11.1 Å². The van der Waals surface area contributed by atoms with Gasteiger partial charge < -0.3 is 10.5 Å². The number of anilines is 1. The highest BCUT2D eigenvalue weighted by Crippen LogP contribution is 2.35. The molecule has 0 aliphatic heterocycles. The van der Waals surface area contributed by atoms with Gasteiger partial charge >= 0.3 is 0 Å². The van der Waals surface area contributed by atoms with Gasteiger partial charge in [-0.2, -0.15) is 0 Å². The average Bonchev–Trinajstić information content (AvgIpc) is 2.47. The fourth-order valence-electron chi connectivity index (χ4n) is 2.18. The van der Waals surface area contributed by atoms with E-state index in [1.165, 1.54) is 12.1 Å². The standard InChI is InChI=1S/C18H13ClFNO/c19-13-4-2-6-16(10-13)22-18-11-15(21)7-8-17(18)12-3-1-5-14(20)9-12/h1-11H,21H2. The second kappa shape index (κ2) is 6.08. The molecule has 0 unspecified atom stereocenters. The molecule has 0 atom stereocenters. The lowest BCUT2D eigenvalue weighted by molar-refractivity contribution is 0.485. The summed E-state index contributed by atoms with van der Waals surface area (Å²) >= 11 is 5.97. The average molecular weight is 314 g/mol. The topological polar surface area (TPSA) is 35.2 Å².